The van der Waals surface area contributed by atoms with Gasteiger partial charge in [0, 0.05) is 19.6 Å². The van der Waals surface area contributed by atoms with Crippen LogP contribution in [0.1, 0.15) is 23.6 Å². The van der Waals surface area contributed by atoms with Crippen molar-refractivity contribution in [2.45, 2.75) is 31.4 Å². The lowest BCUT2D eigenvalue weighted by atomic mass is 9.82. The number of piperazine rings is 1. The van der Waals surface area contributed by atoms with Gasteiger partial charge in [0.05, 0.1) is 22.9 Å². The number of likely N-dealkylation sites (tertiary alicyclic amines) is 1. The van der Waals surface area contributed by atoms with Gasteiger partial charge in [0.15, 0.2) is 0 Å². The molecule has 2 saturated heterocycles. The van der Waals surface area contributed by atoms with Crippen LogP contribution in [0.25, 0.3) is 0 Å². The van der Waals surface area contributed by atoms with Gasteiger partial charge in [-0.05, 0) is 42.8 Å². The fourth-order valence-corrected chi connectivity index (χ4v) is 4.30. The molecule has 0 aromatic heterocycles. The molecule has 7 nitrogen and oxygen atoms in total. The van der Waals surface area contributed by atoms with E-state index in [9.17, 15) is 32.3 Å². The van der Waals surface area contributed by atoms with E-state index in [1.54, 1.807) is 11.0 Å². The summed E-state index contributed by atoms with van der Waals surface area (Å²) in [6.07, 6.45) is -5.41. The summed E-state index contributed by atoms with van der Waals surface area (Å²) < 4.78 is 53.3. The van der Waals surface area contributed by atoms with Crippen molar-refractivity contribution in [1.29, 1.82) is 5.26 Å². The lowest BCUT2D eigenvalue weighted by Crippen LogP contribution is -2.81. The van der Waals surface area contributed by atoms with Gasteiger partial charge in [-0.25, -0.2) is 4.39 Å². The lowest BCUT2D eigenvalue weighted by Gasteiger charge is -2.58. The molecule has 1 N–H and O–H groups in total. The van der Waals surface area contributed by atoms with Crippen LogP contribution in [0.5, 0.6) is 0 Å². The molecular formula is C23H20F4N4O3. The number of carbonyl (C=O) groups is 2. The summed E-state index contributed by atoms with van der Waals surface area (Å²) >= 11 is 0. The average Bonchev–Trinajstić information content (AvgIpc) is 2.74. The molecule has 0 aliphatic carbocycles. The number of carbonyl (C=O) groups excluding carboxylic acids is 2. The molecule has 11 heteroatoms. The fourth-order valence-electron chi connectivity index (χ4n) is 4.30. The summed E-state index contributed by atoms with van der Waals surface area (Å²) in [6.45, 7) is 0.855. The van der Waals surface area contributed by atoms with Gasteiger partial charge in [0.1, 0.15) is 24.1 Å². The number of alkyl halides is 3. The second-order valence-corrected chi connectivity index (χ2v) is 8.41. The Morgan fingerprint density at radius 2 is 1.79 bits per heavy atom. The molecule has 2 amide bonds. The predicted octanol–water partition coefficient (Wildman–Crippen LogP) is 2.48. The van der Waals surface area contributed by atoms with Crippen LogP contribution in [0.15, 0.2) is 42.5 Å². The van der Waals surface area contributed by atoms with Gasteiger partial charge >= 0.3 is 6.18 Å². The minimum atomic E-state index is -4.51. The topological polar surface area (TPSA) is 87.9 Å². The van der Waals surface area contributed by atoms with E-state index in [-0.39, 0.29) is 30.9 Å². The molecule has 1 spiro atoms. The van der Waals surface area contributed by atoms with Gasteiger partial charge in [0.2, 0.25) is 5.91 Å². The van der Waals surface area contributed by atoms with Gasteiger partial charge in [-0.3, -0.25) is 19.4 Å². The monoisotopic (exact) mass is 476 g/mol. The molecule has 178 valence electrons. The molecule has 4 rings (SSSR count). The van der Waals surface area contributed by atoms with E-state index in [0.29, 0.717) is 5.56 Å². The maximum atomic E-state index is 14.7. The zero-order chi connectivity index (χ0) is 24.8. The molecule has 2 heterocycles. The van der Waals surface area contributed by atoms with Crippen LogP contribution in [0, 0.1) is 17.1 Å². The van der Waals surface area contributed by atoms with E-state index in [1.165, 1.54) is 36.1 Å². The summed E-state index contributed by atoms with van der Waals surface area (Å²) in [6, 6.07) is 9.64. The second kappa shape index (κ2) is 8.38. The fraction of sp³-hybridized carbons (Fsp3) is 0.348. The number of benzene rings is 2. The normalized spacial score (nSPS) is 19.2. The van der Waals surface area contributed by atoms with E-state index in [4.69, 9.17) is 5.26 Å². The smallest absolute Gasteiger partial charge is 0.379 e. The van der Waals surface area contributed by atoms with Crippen LogP contribution in [0.2, 0.25) is 0 Å². The summed E-state index contributed by atoms with van der Waals surface area (Å²) in [5, 5.41) is 18.9. The van der Waals surface area contributed by atoms with Crippen LogP contribution >= 0.6 is 0 Å². The number of hydrogen-bond acceptors (Lipinski definition) is 5. The predicted molar refractivity (Wildman–Crippen MR) is 111 cm³/mol. The van der Waals surface area contributed by atoms with Gasteiger partial charge in [-0.15, -0.1) is 0 Å². The number of halogens is 4. The standard InChI is InChI=1S/C23H20F4N4O3/c1-14(32)29-12-22(13-29)21(34)30(19-7-4-16(9-28)8-18(19)24)11-20(33)31(22)10-15-2-5-17(6-3-15)23(25,26)27/h2-8,14,32H,10-13H2,1H3. The first-order chi connectivity index (χ1) is 16.0. The Balaban J connectivity index is 1.66. The van der Waals surface area contributed by atoms with Crippen molar-refractivity contribution in [2.75, 3.05) is 24.5 Å². The molecular weight excluding hydrogens is 456 g/mol. The minimum absolute atomic E-state index is 0.0235. The van der Waals surface area contributed by atoms with E-state index in [1.807, 2.05) is 0 Å². The molecule has 1 unspecified atom stereocenters. The van der Waals surface area contributed by atoms with Crippen molar-refractivity contribution in [3.05, 3.63) is 65.0 Å². The number of hydrogen-bond donors (Lipinski definition) is 1. The summed E-state index contributed by atoms with van der Waals surface area (Å²) in [5.74, 6) is -1.92. The summed E-state index contributed by atoms with van der Waals surface area (Å²) in [4.78, 5) is 30.6. The van der Waals surface area contributed by atoms with Gasteiger partial charge in [-0.1, -0.05) is 12.1 Å². The van der Waals surface area contributed by atoms with Crippen LogP contribution < -0.4 is 4.90 Å². The Kier molecular flexibility index (Phi) is 5.83. The Morgan fingerprint density at radius 3 is 2.32 bits per heavy atom. The lowest BCUT2D eigenvalue weighted by molar-refractivity contribution is -0.175. The number of nitrogens with zero attached hydrogens (tertiary/aromatic N) is 4. The highest BCUT2D eigenvalue weighted by atomic mass is 19.4. The van der Waals surface area contributed by atoms with Crippen LogP contribution in [-0.4, -0.2) is 58.1 Å². The van der Waals surface area contributed by atoms with Crippen molar-refractivity contribution in [1.82, 2.24) is 9.80 Å². The molecule has 0 bridgehead atoms. The maximum absolute atomic E-state index is 14.7. The molecule has 0 radical (unpaired) electrons. The molecule has 1 atom stereocenters. The van der Waals surface area contributed by atoms with Crippen molar-refractivity contribution in [3.63, 3.8) is 0 Å². The largest absolute Gasteiger partial charge is 0.416 e. The van der Waals surface area contributed by atoms with Gasteiger partial charge in [-0.2, -0.15) is 18.4 Å². The zero-order valence-corrected chi connectivity index (χ0v) is 18.0. The molecule has 0 saturated carbocycles. The van der Waals surface area contributed by atoms with Crippen LogP contribution in [0.3, 0.4) is 0 Å². The van der Waals surface area contributed by atoms with Crippen molar-refractivity contribution in [2.24, 2.45) is 0 Å². The number of amides is 2. The highest BCUT2D eigenvalue weighted by molar-refractivity contribution is 6.10. The third-order valence-electron chi connectivity index (χ3n) is 6.20. The Bertz CT molecular complexity index is 1170. The second-order valence-electron chi connectivity index (χ2n) is 8.41. The first kappa shape index (κ1) is 23.7. The third kappa shape index (κ3) is 3.99. The van der Waals surface area contributed by atoms with Crippen molar-refractivity contribution < 1.29 is 32.3 Å². The number of rotatable bonds is 4. The SMILES string of the molecule is CC(O)N1CC2(C1)C(=O)N(c1ccc(C#N)cc1F)CC(=O)N2Cc1ccc(C(F)(F)F)cc1. The van der Waals surface area contributed by atoms with E-state index >= 15 is 0 Å². The minimum Gasteiger partial charge on any atom is -0.379 e. The number of nitriles is 1. The van der Waals surface area contributed by atoms with E-state index in [0.717, 1.165) is 23.1 Å². The Hall–Kier alpha value is -3.49. The van der Waals surface area contributed by atoms with Crippen LogP contribution in [-0.2, 0) is 22.3 Å². The van der Waals surface area contributed by atoms with Crippen LogP contribution in [0.4, 0.5) is 23.2 Å². The van der Waals surface area contributed by atoms with Gasteiger partial charge < -0.3 is 10.0 Å². The van der Waals surface area contributed by atoms with E-state index < -0.39 is 47.7 Å². The molecule has 2 aliphatic heterocycles. The molecule has 2 fully saturated rings. The third-order valence-corrected chi connectivity index (χ3v) is 6.20. The summed E-state index contributed by atoms with van der Waals surface area (Å²) in [5.41, 5.74) is -1.96. The number of anilines is 1. The Labute approximate surface area is 192 Å². The average molecular weight is 476 g/mol. The van der Waals surface area contributed by atoms with Crippen molar-refractivity contribution in [3.8, 4) is 6.07 Å². The number of aliphatic hydroxyl groups is 1. The van der Waals surface area contributed by atoms with Gasteiger partial charge in [0.25, 0.3) is 5.91 Å². The molecule has 2 aromatic rings. The molecule has 34 heavy (non-hydrogen) atoms. The maximum Gasteiger partial charge on any atom is 0.416 e. The van der Waals surface area contributed by atoms with E-state index in [2.05, 4.69) is 0 Å². The highest BCUT2D eigenvalue weighted by Gasteiger charge is 2.60. The molecule has 2 aromatic carbocycles. The highest BCUT2D eigenvalue weighted by Crippen LogP contribution is 2.38. The Morgan fingerprint density at radius 1 is 1.15 bits per heavy atom. The molecule has 2 aliphatic rings. The zero-order valence-electron chi connectivity index (χ0n) is 18.0. The van der Waals surface area contributed by atoms with Crippen molar-refractivity contribution >= 4 is 17.5 Å². The summed E-state index contributed by atoms with van der Waals surface area (Å²) in [7, 11) is 0. The number of aliphatic hydroxyl groups excluding tert-OH is 1. The first-order valence-electron chi connectivity index (χ1n) is 10.4. The first-order valence-corrected chi connectivity index (χ1v) is 10.4. The quantitative estimate of drug-likeness (QED) is 0.686.